The highest BCUT2D eigenvalue weighted by atomic mass is 16.5. The summed E-state index contributed by atoms with van der Waals surface area (Å²) in [6.45, 7) is 3.40. The first-order valence-corrected chi connectivity index (χ1v) is 9.76. The Labute approximate surface area is 172 Å². The van der Waals surface area contributed by atoms with Gasteiger partial charge in [0.1, 0.15) is 11.8 Å². The molecular formula is C21H23N5O4. The van der Waals surface area contributed by atoms with E-state index in [0.29, 0.717) is 18.0 Å². The van der Waals surface area contributed by atoms with Gasteiger partial charge in [0, 0.05) is 12.7 Å². The second-order valence-corrected chi connectivity index (χ2v) is 7.16. The summed E-state index contributed by atoms with van der Waals surface area (Å²) in [5.41, 5.74) is 1.26. The quantitative estimate of drug-likeness (QED) is 0.661. The van der Waals surface area contributed by atoms with Gasteiger partial charge in [-0.25, -0.2) is 4.79 Å². The Morgan fingerprint density at radius 1 is 1.17 bits per heavy atom. The van der Waals surface area contributed by atoms with Crippen molar-refractivity contribution in [1.29, 1.82) is 0 Å². The van der Waals surface area contributed by atoms with Crippen molar-refractivity contribution in [2.24, 2.45) is 0 Å². The van der Waals surface area contributed by atoms with E-state index in [9.17, 15) is 9.59 Å². The van der Waals surface area contributed by atoms with E-state index in [4.69, 9.17) is 9.47 Å². The molecule has 1 unspecified atom stereocenters. The molecule has 1 aromatic carbocycles. The molecule has 1 atom stereocenters. The predicted octanol–water partition coefficient (Wildman–Crippen LogP) is 1.89. The van der Waals surface area contributed by atoms with E-state index in [1.165, 1.54) is 6.20 Å². The van der Waals surface area contributed by atoms with Crippen molar-refractivity contribution in [2.75, 3.05) is 25.1 Å². The van der Waals surface area contributed by atoms with Crippen molar-refractivity contribution in [2.45, 2.75) is 25.9 Å². The van der Waals surface area contributed by atoms with Crippen LogP contribution in [0.1, 0.15) is 18.5 Å². The van der Waals surface area contributed by atoms with Crippen molar-refractivity contribution >= 4 is 5.69 Å². The van der Waals surface area contributed by atoms with Gasteiger partial charge < -0.3 is 19.4 Å². The minimum absolute atomic E-state index is 0.0115. The Balaban J connectivity index is 1.59. The Morgan fingerprint density at radius 3 is 2.73 bits per heavy atom. The van der Waals surface area contributed by atoms with Gasteiger partial charge in [0.25, 0.3) is 5.56 Å². The predicted molar refractivity (Wildman–Crippen MR) is 112 cm³/mol. The summed E-state index contributed by atoms with van der Waals surface area (Å²) in [5, 5.41) is 8.37. The van der Waals surface area contributed by atoms with Gasteiger partial charge in [0.05, 0.1) is 30.6 Å². The number of para-hydroxylation sites is 2. The van der Waals surface area contributed by atoms with Crippen LogP contribution in [-0.2, 0) is 0 Å². The summed E-state index contributed by atoms with van der Waals surface area (Å²) in [4.78, 5) is 30.3. The molecule has 0 amide bonds. The first kappa shape index (κ1) is 19.7. The number of H-pyrrole nitrogens is 2. The van der Waals surface area contributed by atoms with Gasteiger partial charge in [-0.05, 0) is 38.0 Å². The van der Waals surface area contributed by atoms with Crippen LogP contribution < -0.4 is 25.6 Å². The lowest BCUT2D eigenvalue weighted by Crippen LogP contribution is -2.41. The molecule has 4 rings (SSSR count). The molecule has 0 spiro atoms. The van der Waals surface area contributed by atoms with Gasteiger partial charge >= 0.3 is 5.69 Å². The summed E-state index contributed by atoms with van der Waals surface area (Å²) >= 11 is 0. The number of hydrogen-bond acceptors (Lipinski definition) is 7. The monoisotopic (exact) mass is 409 g/mol. The zero-order valence-corrected chi connectivity index (χ0v) is 16.8. The van der Waals surface area contributed by atoms with Crippen molar-refractivity contribution in [3.8, 4) is 22.8 Å². The highest BCUT2D eigenvalue weighted by Crippen LogP contribution is 2.30. The number of rotatable bonds is 5. The Bertz CT molecular complexity index is 1160. The fourth-order valence-electron chi connectivity index (χ4n) is 3.64. The van der Waals surface area contributed by atoms with Crippen molar-refractivity contribution in [3.63, 3.8) is 0 Å². The maximum atomic E-state index is 12.1. The van der Waals surface area contributed by atoms with Crippen LogP contribution in [0.4, 0.5) is 5.69 Å². The number of anilines is 1. The molecule has 1 saturated heterocycles. The molecular weight excluding hydrogens is 386 g/mol. The minimum Gasteiger partial charge on any atom is -0.493 e. The first-order chi connectivity index (χ1) is 14.5. The van der Waals surface area contributed by atoms with E-state index in [1.807, 2.05) is 37.3 Å². The fraction of sp³-hybridized carbons (Fsp3) is 0.333. The zero-order chi connectivity index (χ0) is 21.1. The molecule has 0 saturated carbocycles. The average Bonchev–Trinajstić information content (AvgIpc) is 2.75. The third-order valence-corrected chi connectivity index (χ3v) is 5.13. The molecule has 1 aliphatic rings. The largest absolute Gasteiger partial charge is 0.493 e. The molecule has 30 heavy (non-hydrogen) atoms. The maximum absolute atomic E-state index is 12.1. The van der Waals surface area contributed by atoms with Crippen LogP contribution in [-0.4, -0.2) is 46.5 Å². The van der Waals surface area contributed by atoms with Crippen LogP contribution in [0.25, 0.3) is 11.3 Å². The molecule has 1 aliphatic heterocycles. The topological polar surface area (TPSA) is 113 Å². The minimum atomic E-state index is -0.559. The first-order valence-electron chi connectivity index (χ1n) is 9.76. The lowest BCUT2D eigenvalue weighted by Gasteiger charge is -2.35. The number of nitrogens with one attached hydrogen (secondary N) is 2. The normalized spacial score (nSPS) is 16.3. The number of nitrogens with zero attached hydrogens (tertiary/aromatic N) is 3. The number of benzene rings is 1. The number of methoxy groups -OCH3 is 1. The molecule has 9 heteroatoms. The van der Waals surface area contributed by atoms with Crippen molar-refractivity contribution in [3.05, 3.63) is 63.1 Å². The van der Waals surface area contributed by atoms with Crippen molar-refractivity contribution in [1.82, 2.24) is 20.2 Å². The van der Waals surface area contributed by atoms with Crippen LogP contribution >= 0.6 is 0 Å². The van der Waals surface area contributed by atoms with Crippen LogP contribution in [0, 0.1) is 6.92 Å². The number of ether oxygens (including phenoxy) is 2. The molecule has 156 valence electrons. The number of aromatic amines is 2. The second-order valence-electron chi connectivity index (χ2n) is 7.16. The number of piperidine rings is 1. The standard InChI is InChI=1S/C21H23N5O4/c1-13-17(10-16(25-24-13)15-11-22-21(28)23-20(15)27)26-9-5-6-14(12-26)30-19-8-4-3-7-18(19)29-2/h3-4,7-8,10-11,14H,5-6,9,12H2,1-2H3,(H2,22,23,27,28). The SMILES string of the molecule is COc1ccccc1OC1CCCN(c2cc(-c3c[nH]c(=O)[nH]c3=O)nnc2C)C1. The zero-order valence-electron chi connectivity index (χ0n) is 16.8. The highest BCUT2D eigenvalue weighted by Gasteiger charge is 2.24. The Hall–Kier alpha value is -3.62. The molecule has 9 nitrogen and oxygen atoms in total. The third-order valence-electron chi connectivity index (χ3n) is 5.13. The molecule has 0 radical (unpaired) electrons. The molecule has 3 heterocycles. The molecule has 2 aromatic heterocycles. The summed E-state index contributed by atoms with van der Waals surface area (Å²) in [7, 11) is 1.63. The van der Waals surface area contributed by atoms with E-state index in [2.05, 4.69) is 25.1 Å². The number of aromatic nitrogens is 4. The summed E-state index contributed by atoms with van der Waals surface area (Å²) in [6.07, 6.45) is 3.23. The van der Waals surface area contributed by atoms with Gasteiger partial charge in [-0.15, -0.1) is 5.10 Å². The smallest absolute Gasteiger partial charge is 0.325 e. The van der Waals surface area contributed by atoms with E-state index in [1.54, 1.807) is 7.11 Å². The lowest BCUT2D eigenvalue weighted by molar-refractivity contribution is 0.172. The maximum Gasteiger partial charge on any atom is 0.325 e. The van der Waals surface area contributed by atoms with Gasteiger partial charge in [0.15, 0.2) is 11.5 Å². The van der Waals surface area contributed by atoms with E-state index in [-0.39, 0.29) is 11.7 Å². The summed E-state index contributed by atoms with van der Waals surface area (Å²) < 4.78 is 11.6. The highest BCUT2D eigenvalue weighted by molar-refractivity contribution is 5.64. The second kappa shape index (κ2) is 8.40. The number of hydrogen-bond donors (Lipinski definition) is 2. The van der Waals surface area contributed by atoms with Gasteiger partial charge in [0.2, 0.25) is 0 Å². The lowest BCUT2D eigenvalue weighted by atomic mass is 10.1. The van der Waals surface area contributed by atoms with Gasteiger partial charge in [-0.1, -0.05) is 12.1 Å². The molecule has 3 aromatic rings. The molecule has 2 N–H and O–H groups in total. The van der Waals surface area contributed by atoms with Gasteiger partial charge in [-0.3, -0.25) is 9.78 Å². The van der Waals surface area contributed by atoms with Crippen LogP contribution in [0.2, 0.25) is 0 Å². The van der Waals surface area contributed by atoms with Crippen LogP contribution in [0.3, 0.4) is 0 Å². The molecule has 0 aliphatic carbocycles. The fourth-order valence-corrected chi connectivity index (χ4v) is 3.64. The van der Waals surface area contributed by atoms with E-state index >= 15 is 0 Å². The van der Waals surface area contributed by atoms with Crippen LogP contribution in [0.15, 0.2) is 46.1 Å². The third kappa shape index (κ3) is 4.05. The van der Waals surface area contributed by atoms with E-state index < -0.39 is 11.2 Å². The van der Waals surface area contributed by atoms with Crippen molar-refractivity contribution < 1.29 is 9.47 Å². The summed E-state index contributed by atoms with van der Waals surface area (Å²) in [6, 6.07) is 9.43. The van der Waals surface area contributed by atoms with E-state index in [0.717, 1.165) is 36.5 Å². The molecule has 1 fully saturated rings. The molecule has 0 bridgehead atoms. The Morgan fingerprint density at radius 2 is 1.97 bits per heavy atom. The summed E-state index contributed by atoms with van der Waals surface area (Å²) in [5.74, 6) is 1.42. The Kier molecular flexibility index (Phi) is 5.51. The van der Waals surface area contributed by atoms with Gasteiger partial charge in [-0.2, -0.15) is 5.10 Å². The number of aryl methyl sites for hydroxylation is 1. The average molecular weight is 409 g/mol. The van der Waals surface area contributed by atoms with Crippen LogP contribution in [0.5, 0.6) is 11.5 Å².